The molecule has 1 N–H and O–H groups in total. The normalized spacial score (nSPS) is 15.9. The van der Waals surface area contributed by atoms with Crippen LogP contribution in [0.15, 0.2) is 48.7 Å². The van der Waals surface area contributed by atoms with Gasteiger partial charge in [-0.05, 0) is 24.1 Å². The van der Waals surface area contributed by atoms with Gasteiger partial charge < -0.3 is 15.1 Å². The second kappa shape index (κ2) is 9.80. The molecule has 0 spiro atoms. The maximum Gasteiger partial charge on any atom is 0.417 e. The van der Waals surface area contributed by atoms with Crippen LogP contribution in [0.1, 0.15) is 36.9 Å². The van der Waals surface area contributed by atoms with E-state index in [9.17, 15) is 22.8 Å². The summed E-state index contributed by atoms with van der Waals surface area (Å²) in [6.07, 6.45) is -2.77. The van der Waals surface area contributed by atoms with E-state index in [-0.39, 0.29) is 18.2 Å². The van der Waals surface area contributed by atoms with Crippen molar-refractivity contribution in [3.63, 3.8) is 0 Å². The number of alkyl halides is 3. The molecule has 0 bridgehead atoms. The molecule has 9 heteroatoms. The van der Waals surface area contributed by atoms with Crippen molar-refractivity contribution in [2.24, 2.45) is 0 Å². The average molecular weight is 434 g/mol. The minimum absolute atomic E-state index is 0.0789. The summed E-state index contributed by atoms with van der Waals surface area (Å²) in [5, 5.41) is 2.84. The van der Waals surface area contributed by atoms with Gasteiger partial charge in [0.05, 0.1) is 18.0 Å². The highest BCUT2D eigenvalue weighted by Gasteiger charge is 2.31. The molecule has 1 aliphatic rings. The maximum atomic E-state index is 12.9. The lowest BCUT2D eigenvalue weighted by Crippen LogP contribution is -2.38. The number of hydrogen-bond acceptors (Lipinski definition) is 4. The predicted molar refractivity (Wildman–Crippen MR) is 110 cm³/mol. The third-order valence-corrected chi connectivity index (χ3v) is 5.21. The van der Waals surface area contributed by atoms with Gasteiger partial charge in [0.15, 0.2) is 0 Å². The first-order valence-electron chi connectivity index (χ1n) is 10.1. The van der Waals surface area contributed by atoms with E-state index in [4.69, 9.17) is 0 Å². The van der Waals surface area contributed by atoms with Crippen molar-refractivity contribution >= 4 is 17.6 Å². The Hall–Kier alpha value is -3.10. The molecule has 3 rings (SSSR count). The molecule has 1 atom stereocenters. The van der Waals surface area contributed by atoms with E-state index >= 15 is 0 Å². The van der Waals surface area contributed by atoms with Gasteiger partial charge in [-0.1, -0.05) is 30.3 Å². The molecule has 1 unspecified atom stereocenters. The maximum absolute atomic E-state index is 12.9. The van der Waals surface area contributed by atoms with E-state index < -0.39 is 17.8 Å². The topological polar surface area (TPSA) is 65.5 Å². The minimum atomic E-state index is -4.42. The quantitative estimate of drug-likeness (QED) is 0.784. The lowest BCUT2D eigenvalue weighted by Gasteiger charge is -2.25. The van der Waals surface area contributed by atoms with Crippen molar-refractivity contribution in [3.05, 3.63) is 59.8 Å². The molecule has 1 aromatic carbocycles. The smallest absolute Gasteiger partial charge is 0.355 e. The van der Waals surface area contributed by atoms with Crippen molar-refractivity contribution in [1.29, 1.82) is 0 Å². The lowest BCUT2D eigenvalue weighted by molar-refractivity contribution is -0.138. The highest BCUT2D eigenvalue weighted by Crippen LogP contribution is 2.29. The summed E-state index contributed by atoms with van der Waals surface area (Å²) in [5.74, 6) is 0.171. The summed E-state index contributed by atoms with van der Waals surface area (Å²) in [6.45, 7) is 3.46. The lowest BCUT2D eigenvalue weighted by atomic mass is 10.0. The summed E-state index contributed by atoms with van der Waals surface area (Å²) in [5.41, 5.74) is 0.0734. The number of aromatic nitrogens is 1. The molecular formula is C22H25F3N4O2. The van der Waals surface area contributed by atoms with E-state index in [1.165, 1.54) is 13.0 Å². The van der Waals surface area contributed by atoms with Crippen molar-refractivity contribution in [2.45, 2.75) is 32.0 Å². The Morgan fingerprint density at radius 1 is 1.06 bits per heavy atom. The Morgan fingerprint density at radius 3 is 2.42 bits per heavy atom. The zero-order valence-corrected chi connectivity index (χ0v) is 17.2. The van der Waals surface area contributed by atoms with Gasteiger partial charge in [-0.3, -0.25) is 9.59 Å². The fraction of sp³-hybridized carbons (Fsp3) is 0.409. The highest BCUT2D eigenvalue weighted by molar-refractivity contribution is 5.79. The number of nitrogens with zero attached hydrogens (tertiary/aromatic N) is 3. The van der Waals surface area contributed by atoms with Crippen LogP contribution in [-0.2, 0) is 15.8 Å². The first-order valence-corrected chi connectivity index (χ1v) is 10.1. The van der Waals surface area contributed by atoms with Crippen LogP contribution < -0.4 is 10.2 Å². The summed E-state index contributed by atoms with van der Waals surface area (Å²) in [7, 11) is 0. The molecule has 1 saturated heterocycles. The fourth-order valence-corrected chi connectivity index (χ4v) is 3.62. The molecule has 1 fully saturated rings. The van der Waals surface area contributed by atoms with E-state index in [1.54, 1.807) is 4.90 Å². The second-order valence-electron chi connectivity index (χ2n) is 7.49. The Morgan fingerprint density at radius 2 is 1.81 bits per heavy atom. The number of hydrogen-bond donors (Lipinski definition) is 1. The molecule has 0 radical (unpaired) electrons. The molecule has 166 valence electrons. The van der Waals surface area contributed by atoms with Gasteiger partial charge in [0.2, 0.25) is 11.8 Å². The van der Waals surface area contributed by atoms with E-state index in [1.807, 2.05) is 35.2 Å². The number of pyridine rings is 1. The summed E-state index contributed by atoms with van der Waals surface area (Å²) < 4.78 is 38.2. The number of anilines is 1. The molecule has 6 nitrogen and oxygen atoms in total. The van der Waals surface area contributed by atoms with Crippen LogP contribution in [0.25, 0.3) is 0 Å². The molecule has 1 aliphatic heterocycles. The van der Waals surface area contributed by atoms with Crippen LogP contribution in [0.4, 0.5) is 19.0 Å². The summed E-state index contributed by atoms with van der Waals surface area (Å²) in [4.78, 5) is 32.1. The standard InChI is InChI=1S/C22H25F3N4O2/c1-16(30)27-19(17-6-3-2-4-7-17)14-21(31)29-11-5-10-28(12-13-29)20-9-8-18(15-26-20)22(23,24)25/h2-4,6-9,15,19H,5,10-14H2,1H3,(H,27,30). The zero-order valence-electron chi connectivity index (χ0n) is 17.2. The Balaban J connectivity index is 1.63. The molecule has 2 amide bonds. The van der Waals surface area contributed by atoms with Crippen LogP contribution in [0, 0.1) is 0 Å². The number of halogens is 3. The van der Waals surface area contributed by atoms with Gasteiger partial charge in [0, 0.05) is 39.3 Å². The number of carbonyl (C=O) groups excluding carboxylic acids is 2. The SMILES string of the molecule is CC(=O)NC(CC(=O)N1CCCN(c2ccc(C(F)(F)F)cn2)CC1)c1ccccc1. The molecular weight excluding hydrogens is 409 g/mol. The molecule has 1 aromatic heterocycles. The summed E-state index contributed by atoms with van der Waals surface area (Å²) >= 11 is 0. The Labute approximate surface area is 179 Å². The van der Waals surface area contributed by atoms with Crippen molar-refractivity contribution in [1.82, 2.24) is 15.2 Å². The first-order chi connectivity index (χ1) is 14.7. The van der Waals surface area contributed by atoms with Gasteiger partial charge in [-0.2, -0.15) is 13.2 Å². The number of nitrogens with one attached hydrogen (secondary N) is 1. The number of rotatable bonds is 5. The van der Waals surface area contributed by atoms with Crippen molar-refractivity contribution < 1.29 is 22.8 Å². The molecule has 2 aromatic rings. The predicted octanol–water partition coefficient (Wildman–Crippen LogP) is 3.41. The van der Waals surface area contributed by atoms with E-state index in [0.29, 0.717) is 38.4 Å². The van der Waals surface area contributed by atoms with Crippen LogP contribution in [0.3, 0.4) is 0 Å². The largest absolute Gasteiger partial charge is 0.417 e. The fourth-order valence-electron chi connectivity index (χ4n) is 3.62. The first kappa shape index (κ1) is 22.6. The van der Waals surface area contributed by atoms with Gasteiger partial charge >= 0.3 is 6.18 Å². The third-order valence-electron chi connectivity index (χ3n) is 5.21. The van der Waals surface area contributed by atoms with Crippen molar-refractivity contribution in [2.75, 3.05) is 31.1 Å². The van der Waals surface area contributed by atoms with Gasteiger partial charge in [-0.25, -0.2) is 4.98 Å². The van der Waals surface area contributed by atoms with E-state index in [2.05, 4.69) is 10.3 Å². The van der Waals surface area contributed by atoms with Crippen LogP contribution in [-0.4, -0.2) is 47.9 Å². The third kappa shape index (κ3) is 6.19. The number of benzene rings is 1. The number of carbonyl (C=O) groups is 2. The molecule has 2 heterocycles. The Bertz CT molecular complexity index is 888. The molecule has 0 aliphatic carbocycles. The van der Waals surface area contributed by atoms with Crippen LogP contribution in [0.2, 0.25) is 0 Å². The van der Waals surface area contributed by atoms with Gasteiger partial charge in [-0.15, -0.1) is 0 Å². The van der Waals surface area contributed by atoms with Crippen molar-refractivity contribution in [3.8, 4) is 0 Å². The average Bonchev–Trinajstić information content (AvgIpc) is 2.99. The minimum Gasteiger partial charge on any atom is -0.355 e. The zero-order chi connectivity index (χ0) is 22.4. The van der Waals surface area contributed by atoms with Gasteiger partial charge in [0.1, 0.15) is 5.82 Å². The van der Waals surface area contributed by atoms with Crippen LogP contribution >= 0.6 is 0 Å². The van der Waals surface area contributed by atoms with Crippen LogP contribution in [0.5, 0.6) is 0 Å². The highest BCUT2D eigenvalue weighted by atomic mass is 19.4. The monoisotopic (exact) mass is 434 g/mol. The van der Waals surface area contributed by atoms with Gasteiger partial charge in [0.25, 0.3) is 0 Å². The molecule has 0 saturated carbocycles. The number of amides is 2. The molecule has 31 heavy (non-hydrogen) atoms. The summed E-state index contributed by atoms with van der Waals surface area (Å²) in [6, 6.07) is 11.3. The second-order valence-corrected chi connectivity index (χ2v) is 7.49. The van der Waals surface area contributed by atoms with E-state index in [0.717, 1.165) is 17.8 Å². The Kier molecular flexibility index (Phi) is 7.14.